The quantitative estimate of drug-likeness (QED) is 0.161. The number of sulfonamides is 1. The molecule has 1 N–H and O–H groups in total. The molecule has 0 spiro atoms. The number of nitrogens with zero attached hydrogens (tertiary/aromatic N) is 2. The van der Waals surface area contributed by atoms with Gasteiger partial charge in [-0.3, -0.25) is 9.10 Å². The summed E-state index contributed by atoms with van der Waals surface area (Å²) in [5.41, 5.74) is 3.18. The first-order valence-electron chi connectivity index (χ1n) is 11.6. The van der Waals surface area contributed by atoms with Gasteiger partial charge in [0.2, 0.25) is 0 Å². The maximum Gasteiger partial charge on any atom is 0.264 e. The average molecular weight is 607 g/mol. The minimum absolute atomic E-state index is 0.0431. The summed E-state index contributed by atoms with van der Waals surface area (Å²) in [5.74, 6) is 0.432. The summed E-state index contributed by atoms with van der Waals surface area (Å²) in [7, 11) is -4.18. The predicted molar refractivity (Wildman–Crippen MR) is 153 cm³/mol. The Balaban J connectivity index is 1.54. The Labute approximate surface area is 240 Å². The van der Waals surface area contributed by atoms with Crippen molar-refractivity contribution < 1.29 is 22.4 Å². The molecule has 12 heteroatoms. The Morgan fingerprint density at radius 2 is 1.72 bits per heavy atom. The van der Waals surface area contributed by atoms with Crippen LogP contribution in [0, 0.1) is 0 Å². The highest BCUT2D eigenvalue weighted by atomic mass is 35.5. The molecule has 202 valence electrons. The first-order valence-corrected chi connectivity index (χ1v) is 14.1. The molecule has 39 heavy (non-hydrogen) atoms. The van der Waals surface area contributed by atoms with Gasteiger partial charge in [0, 0.05) is 15.6 Å². The predicted octanol–water partition coefficient (Wildman–Crippen LogP) is 6.65. The van der Waals surface area contributed by atoms with Gasteiger partial charge in [0.1, 0.15) is 23.8 Å². The van der Waals surface area contributed by atoms with Crippen LogP contribution in [-0.4, -0.2) is 33.7 Å². The van der Waals surface area contributed by atoms with Gasteiger partial charge in [-0.2, -0.15) is 5.10 Å². The number of furan rings is 1. The second-order valence-electron chi connectivity index (χ2n) is 7.99. The van der Waals surface area contributed by atoms with E-state index in [1.165, 1.54) is 30.5 Å². The Bertz CT molecular complexity index is 1610. The molecule has 0 saturated carbocycles. The van der Waals surface area contributed by atoms with Gasteiger partial charge in [-0.25, -0.2) is 13.8 Å². The van der Waals surface area contributed by atoms with Gasteiger partial charge in [0.25, 0.3) is 15.9 Å². The van der Waals surface area contributed by atoms with Gasteiger partial charge in [0.05, 0.1) is 28.4 Å². The second-order valence-corrected chi connectivity index (χ2v) is 11.1. The molecule has 3 aromatic carbocycles. The molecule has 1 aromatic heterocycles. The Morgan fingerprint density at radius 1 is 1.00 bits per heavy atom. The van der Waals surface area contributed by atoms with Crippen molar-refractivity contribution in [2.45, 2.75) is 11.8 Å². The monoisotopic (exact) mass is 605 g/mol. The third-order valence-electron chi connectivity index (χ3n) is 5.33. The largest absolute Gasteiger partial charge is 0.492 e. The number of halogens is 3. The number of nitrogens with one attached hydrogen (secondary N) is 1. The van der Waals surface area contributed by atoms with Crippen LogP contribution >= 0.6 is 34.8 Å². The second kappa shape index (κ2) is 12.6. The van der Waals surface area contributed by atoms with E-state index in [0.717, 1.165) is 4.31 Å². The highest BCUT2D eigenvalue weighted by Gasteiger charge is 2.29. The Kier molecular flexibility index (Phi) is 9.19. The van der Waals surface area contributed by atoms with Crippen LogP contribution in [-0.2, 0) is 14.8 Å². The number of carbonyl (C=O) groups excluding carboxylic acids is 1. The number of hydrogen-bond acceptors (Lipinski definition) is 6. The van der Waals surface area contributed by atoms with Crippen LogP contribution in [0.3, 0.4) is 0 Å². The van der Waals surface area contributed by atoms with E-state index in [-0.39, 0.29) is 10.6 Å². The van der Waals surface area contributed by atoms with E-state index >= 15 is 0 Å². The fourth-order valence-electron chi connectivity index (χ4n) is 3.56. The van der Waals surface area contributed by atoms with Crippen molar-refractivity contribution in [1.82, 2.24) is 5.43 Å². The van der Waals surface area contributed by atoms with Crippen LogP contribution < -0.4 is 14.5 Å². The molecule has 0 fully saturated rings. The van der Waals surface area contributed by atoms with Crippen LogP contribution in [0.5, 0.6) is 5.75 Å². The van der Waals surface area contributed by atoms with E-state index < -0.39 is 22.5 Å². The third kappa shape index (κ3) is 6.93. The Hall–Kier alpha value is -3.50. The van der Waals surface area contributed by atoms with Crippen LogP contribution in [0.25, 0.3) is 11.3 Å². The number of anilines is 1. The molecule has 1 amide bonds. The lowest BCUT2D eigenvalue weighted by Crippen LogP contribution is -2.39. The number of benzene rings is 3. The van der Waals surface area contributed by atoms with E-state index in [9.17, 15) is 13.2 Å². The van der Waals surface area contributed by atoms with Crippen molar-refractivity contribution in [3.05, 3.63) is 99.7 Å². The standard InChI is InChI=1S/C27H22Cl3N3O5S/c1-2-37-26-6-4-3-5-24(26)33(39(35,36)21-11-7-18(28)8-12-21)17-27(34)32-31-16-20-10-14-25(38-20)22-13-9-19(29)15-23(22)30/h3-16H,2,17H2,1H3,(H,32,34)/b31-16-. The maximum absolute atomic E-state index is 13.6. The van der Waals surface area contributed by atoms with Crippen LogP contribution in [0.1, 0.15) is 12.7 Å². The van der Waals surface area contributed by atoms with E-state index in [1.807, 2.05) is 0 Å². The van der Waals surface area contributed by atoms with Crippen molar-refractivity contribution in [2.24, 2.45) is 5.10 Å². The van der Waals surface area contributed by atoms with Gasteiger partial charge < -0.3 is 9.15 Å². The number of hydrogen-bond donors (Lipinski definition) is 1. The summed E-state index contributed by atoms with van der Waals surface area (Å²) >= 11 is 18.1. The van der Waals surface area contributed by atoms with Gasteiger partial charge in [-0.15, -0.1) is 0 Å². The number of para-hydroxylation sites is 2. The van der Waals surface area contributed by atoms with Crippen LogP contribution in [0.15, 0.2) is 93.3 Å². The van der Waals surface area contributed by atoms with Crippen molar-refractivity contribution in [2.75, 3.05) is 17.5 Å². The lowest BCUT2D eigenvalue weighted by Gasteiger charge is -2.25. The zero-order valence-corrected chi connectivity index (χ0v) is 23.6. The van der Waals surface area contributed by atoms with Crippen LogP contribution in [0.4, 0.5) is 5.69 Å². The number of rotatable bonds is 10. The summed E-state index contributed by atoms with van der Waals surface area (Å²) in [5, 5.41) is 5.21. The number of ether oxygens (including phenoxy) is 1. The van der Waals surface area contributed by atoms with Crippen molar-refractivity contribution in [3.8, 4) is 17.1 Å². The van der Waals surface area contributed by atoms with Crippen molar-refractivity contribution in [1.29, 1.82) is 0 Å². The smallest absolute Gasteiger partial charge is 0.264 e. The number of carbonyl (C=O) groups is 1. The minimum atomic E-state index is -4.18. The summed E-state index contributed by atoms with van der Waals surface area (Å²) in [4.78, 5) is 12.8. The zero-order chi connectivity index (χ0) is 28.0. The lowest BCUT2D eigenvalue weighted by molar-refractivity contribution is -0.119. The SMILES string of the molecule is CCOc1ccccc1N(CC(=O)N/N=C\c1ccc(-c2ccc(Cl)cc2Cl)o1)S(=O)(=O)c1ccc(Cl)cc1. The number of amides is 1. The molecular formula is C27H22Cl3N3O5S. The fraction of sp³-hybridized carbons (Fsp3) is 0.111. The molecule has 0 aliphatic heterocycles. The third-order valence-corrected chi connectivity index (χ3v) is 7.90. The molecule has 0 aliphatic carbocycles. The van der Waals surface area contributed by atoms with E-state index in [2.05, 4.69) is 10.5 Å². The molecule has 0 bridgehead atoms. The molecular weight excluding hydrogens is 585 g/mol. The lowest BCUT2D eigenvalue weighted by atomic mass is 10.2. The highest BCUT2D eigenvalue weighted by Crippen LogP contribution is 2.33. The van der Waals surface area contributed by atoms with Crippen LogP contribution in [0.2, 0.25) is 15.1 Å². The van der Waals surface area contributed by atoms with E-state index in [1.54, 1.807) is 61.5 Å². The molecule has 0 radical (unpaired) electrons. The zero-order valence-electron chi connectivity index (χ0n) is 20.5. The molecule has 0 saturated heterocycles. The van der Waals surface area contributed by atoms with Gasteiger partial charge >= 0.3 is 0 Å². The normalized spacial score (nSPS) is 11.5. The molecule has 0 unspecified atom stereocenters. The molecule has 1 heterocycles. The van der Waals surface area contributed by atoms with Gasteiger partial charge in [-0.05, 0) is 73.7 Å². The summed E-state index contributed by atoms with van der Waals surface area (Å²) in [6.45, 7) is 1.50. The van der Waals surface area contributed by atoms with Crippen molar-refractivity contribution in [3.63, 3.8) is 0 Å². The molecule has 0 atom stereocenters. The fourth-order valence-corrected chi connectivity index (χ4v) is 5.62. The molecule has 0 aliphatic rings. The minimum Gasteiger partial charge on any atom is -0.492 e. The summed E-state index contributed by atoms with van der Waals surface area (Å²) in [6, 6.07) is 20.5. The first kappa shape index (κ1) is 28.5. The topological polar surface area (TPSA) is 101 Å². The summed E-state index contributed by atoms with van der Waals surface area (Å²) < 4.78 is 39.5. The molecule has 4 rings (SSSR count). The van der Waals surface area contributed by atoms with E-state index in [4.69, 9.17) is 44.0 Å². The first-order chi connectivity index (χ1) is 18.7. The van der Waals surface area contributed by atoms with Gasteiger partial charge in [-0.1, -0.05) is 46.9 Å². The average Bonchev–Trinajstić information content (AvgIpc) is 3.36. The maximum atomic E-state index is 13.6. The summed E-state index contributed by atoms with van der Waals surface area (Å²) in [6.07, 6.45) is 1.29. The van der Waals surface area contributed by atoms with Crippen molar-refractivity contribution >= 4 is 62.6 Å². The molecule has 4 aromatic rings. The number of hydrazone groups is 1. The highest BCUT2D eigenvalue weighted by molar-refractivity contribution is 7.92. The Morgan fingerprint density at radius 3 is 2.44 bits per heavy atom. The molecule has 8 nitrogen and oxygen atoms in total. The van der Waals surface area contributed by atoms with E-state index in [0.29, 0.717) is 44.5 Å². The van der Waals surface area contributed by atoms with Gasteiger partial charge in [0.15, 0.2) is 0 Å².